The van der Waals surface area contributed by atoms with E-state index in [2.05, 4.69) is 5.32 Å². The van der Waals surface area contributed by atoms with Crippen molar-refractivity contribution in [2.75, 3.05) is 20.6 Å². The summed E-state index contributed by atoms with van der Waals surface area (Å²) in [6, 6.07) is 3.92. The molecule has 4 heteroatoms. The van der Waals surface area contributed by atoms with Crippen molar-refractivity contribution in [1.29, 1.82) is 0 Å². The Labute approximate surface area is 95.6 Å². The molecule has 88 valence electrons. The second kappa shape index (κ2) is 4.70. The largest absolute Gasteiger partial charge is 0.468 e. The van der Waals surface area contributed by atoms with Crippen molar-refractivity contribution >= 4 is 5.91 Å². The molecule has 4 nitrogen and oxygen atoms in total. The number of rotatable bonds is 5. The molecule has 0 aliphatic heterocycles. The van der Waals surface area contributed by atoms with Gasteiger partial charge in [-0.2, -0.15) is 0 Å². The lowest BCUT2D eigenvalue weighted by Crippen LogP contribution is -2.35. The standard InChI is InChI=1S/C12H18N2O2/c1-14(2)10(11-4-3-7-16-11)8-13-12(15)9-5-6-9/h3-4,7,9-10H,5-6,8H2,1-2H3,(H,13,15)/t10-/m0/s1. The SMILES string of the molecule is CN(C)[C@@H](CNC(=O)C1CC1)c1ccco1. The van der Waals surface area contributed by atoms with E-state index in [4.69, 9.17) is 4.42 Å². The molecular formula is C12H18N2O2. The minimum absolute atomic E-state index is 0.109. The fraction of sp³-hybridized carbons (Fsp3) is 0.583. The van der Waals surface area contributed by atoms with Gasteiger partial charge in [0.1, 0.15) is 5.76 Å². The number of hydrogen-bond donors (Lipinski definition) is 1. The summed E-state index contributed by atoms with van der Waals surface area (Å²) in [4.78, 5) is 13.6. The first kappa shape index (κ1) is 11.2. The van der Waals surface area contributed by atoms with Crippen LogP contribution in [-0.4, -0.2) is 31.4 Å². The van der Waals surface area contributed by atoms with Crippen LogP contribution < -0.4 is 5.32 Å². The first-order chi connectivity index (χ1) is 7.68. The Morgan fingerprint density at radius 1 is 1.62 bits per heavy atom. The van der Waals surface area contributed by atoms with Gasteiger partial charge in [0.05, 0.1) is 12.3 Å². The van der Waals surface area contributed by atoms with Crippen LogP contribution in [0.2, 0.25) is 0 Å². The zero-order valence-corrected chi connectivity index (χ0v) is 9.77. The molecule has 0 spiro atoms. The Morgan fingerprint density at radius 2 is 2.38 bits per heavy atom. The molecule has 1 aromatic rings. The summed E-state index contributed by atoms with van der Waals surface area (Å²) in [5.41, 5.74) is 0. The van der Waals surface area contributed by atoms with Crippen molar-refractivity contribution in [2.45, 2.75) is 18.9 Å². The molecule has 0 aromatic carbocycles. The Hall–Kier alpha value is -1.29. The highest BCUT2D eigenvalue weighted by atomic mass is 16.3. The number of furan rings is 1. The van der Waals surface area contributed by atoms with E-state index in [0.717, 1.165) is 18.6 Å². The van der Waals surface area contributed by atoms with E-state index in [1.165, 1.54) is 0 Å². The molecular weight excluding hydrogens is 204 g/mol. The van der Waals surface area contributed by atoms with Gasteiger partial charge in [-0.15, -0.1) is 0 Å². The van der Waals surface area contributed by atoms with E-state index in [1.54, 1.807) is 6.26 Å². The van der Waals surface area contributed by atoms with Crippen LogP contribution in [0.15, 0.2) is 22.8 Å². The van der Waals surface area contributed by atoms with Gasteiger partial charge in [-0.3, -0.25) is 9.69 Å². The highest BCUT2D eigenvalue weighted by molar-refractivity contribution is 5.80. The predicted octanol–water partition coefficient (Wildman–Crippen LogP) is 1.41. The number of nitrogens with one attached hydrogen (secondary N) is 1. The first-order valence-corrected chi connectivity index (χ1v) is 5.66. The third-order valence-electron chi connectivity index (χ3n) is 2.91. The van der Waals surface area contributed by atoms with Gasteiger partial charge in [0.2, 0.25) is 5.91 Å². The smallest absolute Gasteiger partial charge is 0.223 e. The number of hydrogen-bond acceptors (Lipinski definition) is 3. The van der Waals surface area contributed by atoms with Crippen molar-refractivity contribution in [2.24, 2.45) is 5.92 Å². The van der Waals surface area contributed by atoms with E-state index in [9.17, 15) is 4.79 Å². The highest BCUT2D eigenvalue weighted by Gasteiger charge is 2.30. The maximum atomic E-state index is 11.5. The van der Waals surface area contributed by atoms with Crippen LogP contribution in [0, 0.1) is 5.92 Å². The Kier molecular flexibility index (Phi) is 3.29. The van der Waals surface area contributed by atoms with Gasteiger partial charge in [0, 0.05) is 12.5 Å². The molecule has 1 saturated carbocycles. The average Bonchev–Trinajstić information content (AvgIpc) is 2.96. The molecule has 1 aliphatic rings. The molecule has 1 aromatic heterocycles. The van der Waals surface area contributed by atoms with Crippen molar-refractivity contribution in [3.8, 4) is 0 Å². The maximum absolute atomic E-state index is 11.5. The Balaban J connectivity index is 1.90. The van der Waals surface area contributed by atoms with E-state index in [-0.39, 0.29) is 17.9 Å². The second-order valence-corrected chi connectivity index (χ2v) is 4.51. The zero-order chi connectivity index (χ0) is 11.5. The van der Waals surface area contributed by atoms with Gasteiger partial charge in [-0.05, 0) is 39.1 Å². The van der Waals surface area contributed by atoms with Gasteiger partial charge in [-0.1, -0.05) is 0 Å². The quantitative estimate of drug-likeness (QED) is 0.819. The van der Waals surface area contributed by atoms with E-state index in [0.29, 0.717) is 6.54 Å². The topological polar surface area (TPSA) is 45.5 Å². The lowest BCUT2D eigenvalue weighted by Gasteiger charge is -2.22. The summed E-state index contributed by atoms with van der Waals surface area (Å²) in [6.07, 6.45) is 3.74. The summed E-state index contributed by atoms with van der Waals surface area (Å²) in [5.74, 6) is 1.33. The minimum Gasteiger partial charge on any atom is -0.468 e. The van der Waals surface area contributed by atoms with Crippen molar-refractivity contribution in [3.05, 3.63) is 24.2 Å². The summed E-state index contributed by atoms with van der Waals surface area (Å²) in [7, 11) is 3.97. The van der Waals surface area contributed by atoms with E-state index in [1.807, 2.05) is 31.1 Å². The fourth-order valence-electron chi connectivity index (χ4n) is 1.71. The van der Waals surface area contributed by atoms with Crippen LogP contribution in [0.3, 0.4) is 0 Å². The van der Waals surface area contributed by atoms with E-state index < -0.39 is 0 Å². The number of nitrogens with zero attached hydrogens (tertiary/aromatic N) is 1. The lowest BCUT2D eigenvalue weighted by atomic mass is 10.2. The number of likely N-dealkylation sites (N-methyl/N-ethyl adjacent to an activating group) is 1. The molecule has 1 aliphatic carbocycles. The summed E-state index contributed by atoms with van der Waals surface area (Å²) in [5, 5.41) is 2.97. The summed E-state index contributed by atoms with van der Waals surface area (Å²) < 4.78 is 5.37. The summed E-state index contributed by atoms with van der Waals surface area (Å²) in [6.45, 7) is 0.607. The maximum Gasteiger partial charge on any atom is 0.223 e. The van der Waals surface area contributed by atoms with Gasteiger partial charge in [0.15, 0.2) is 0 Å². The Morgan fingerprint density at radius 3 is 2.88 bits per heavy atom. The van der Waals surface area contributed by atoms with Crippen molar-refractivity contribution < 1.29 is 9.21 Å². The monoisotopic (exact) mass is 222 g/mol. The highest BCUT2D eigenvalue weighted by Crippen LogP contribution is 2.29. The van der Waals surface area contributed by atoms with Gasteiger partial charge < -0.3 is 9.73 Å². The molecule has 1 fully saturated rings. The zero-order valence-electron chi connectivity index (χ0n) is 9.77. The van der Waals surface area contributed by atoms with Crippen LogP contribution in [-0.2, 0) is 4.79 Å². The van der Waals surface area contributed by atoms with Gasteiger partial charge >= 0.3 is 0 Å². The molecule has 2 rings (SSSR count). The van der Waals surface area contributed by atoms with Crippen molar-refractivity contribution in [3.63, 3.8) is 0 Å². The summed E-state index contributed by atoms with van der Waals surface area (Å²) >= 11 is 0. The third-order valence-corrected chi connectivity index (χ3v) is 2.91. The second-order valence-electron chi connectivity index (χ2n) is 4.51. The lowest BCUT2D eigenvalue weighted by molar-refractivity contribution is -0.122. The van der Waals surface area contributed by atoms with Crippen LogP contribution in [0.25, 0.3) is 0 Å². The molecule has 1 N–H and O–H groups in total. The van der Waals surface area contributed by atoms with Crippen LogP contribution in [0.5, 0.6) is 0 Å². The molecule has 0 bridgehead atoms. The number of carbonyl (C=O) groups excluding carboxylic acids is 1. The molecule has 0 radical (unpaired) electrons. The number of amides is 1. The number of carbonyl (C=O) groups is 1. The predicted molar refractivity (Wildman–Crippen MR) is 60.9 cm³/mol. The molecule has 1 atom stereocenters. The minimum atomic E-state index is 0.109. The van der Waals surface area contributed by atoms with Gasteiger partial charge in [-0.25, -0.2) is 0 Å². The molecule has 0 unspecified atom stereocenters. The normalized spacial score (nSPS) is 17.4. The third kappa shape index (κ3) is 2.64. The van der Waals surface area contributed by atoms with Crippen LogP contribution in [0.1, 0.15) is 24.6 Å². The average molecular weight is 222 g/mol. The molecule has 1 amide bonds. The Bertz CT molecular complexity index is 342. The van der Waals surface area contributed by atoms with Crippen LogP contribution in [0.4, 0.5) is 0 Å². The van der Waals surface area contributed by atoms with Gasteiger partial charge in [0.25, 0.3) is 0 Å². The molecule has 1 heterocycles. The van der Waals surface area contributed by atoms with Crippen molar-refractivity contribution in [1.82, 2.24) is 10.2 Å². The first-order valence-electron chi connectivity index (χ1n) is 5.66. The van der Waals surface area contributed by atoms with Crippen LogP contribution >= 0.6 is 0 Å². The fourth-order valence-corrected chi connectivity index (χ4v) is 1.71. The molecule has 0 saturated heterocycles. The molecule has 16 heavy (non-hydrogen) atoms. The van der Waals surface area contributed by atoms with E-state index >= 15 is 0 Å².